The smallest absolute Gasteiger partial charge is 0.417 e. The fraction of sp³-hybridized carbons (Fsp3) is 0.375. The second-order valence-corrected chi connectivity index (χ2v) is 5.92. The van der Waals surface area contributed by atoms with Gasteiger partial charge < -0.3 is 10.0 Å². The van der Waals surface area contributed by atoms with Crippen LogP contribution in [0, 0.1) is 5.92 Å². The van der Waals surface area contributed by atoms with Crippen molar-refractivity contribution in [3.8, 4) is 0 Å². The Kier molecular flexibility index (Phi) is 5.54. The first-order valence-electron chi connectivity index (χ1n) is 7.25. The number of benzene rings is 1. The van der Waals surface area contributed by atoms with Gasteiger partial charge in [0.1, 0.15) is 0 Å². The van der Waals surface area contributed by atoms with Crippen LogP contribution < -0.4 is 0 Å². The standard InChI is InChI=1S/C16H15ClF3NO3/c17-13-3-1-10(9-12(13)16(18,19)20)2-4-14(22)21-7-5-11(6-8-21)15(23)24/h1-4,9,11H,5-8H2,(H,23,24)/b4-2+. The third kappa shape index (κ3) is 4.50. The Bertz CT molecular complexity index is 665. The topological polar surface area (TPSA) is 57.6 Å². The van der Waals surface area contributed by atoms with Gasteiger partial charge in [-0.25, -0.2) is 0 Å². The number of alkyl halides is 3. The van der Waals surface area contributed by atoms with Gasteiger partial charge in [-0.2, -0.15) is 13.2 Å². The van der Waals surface area contributed by atoms with E-state index in [-0.39, 0.29) is 11.5 Å². The summed E-state index contributed by atoms with van der Waals surface area (Å²) < 4.78 is 38.4. The Morgan fingerprint density at radius 1 is 1.25 bits per heavy atom. The Balaban J connectivity index is 2.03. The molecule has 2 rings (SSSR count). The van der Waals surface area contributed by atoms with Crippen molar-refractivity contribution < 1.29 is 27.9 Å². The summed E-state index contributed by atoms with van der Waals surface area (Å²) in [5.41, 5.74) is -0.749. The highest BCUT2D eigenvalue weighted by Crippen LogP contribution is 2.35. The van der Waals surface area contributed by atoms with E-state index in [9.17, 15) is 22.8 Å². The second kappa shape index (κ2) is 7.25. The molecule has 1 aromatic carbocycles. The SMILES string of the molecule is O=C(O)C1CCN(C(=O)/C=C/c2ccc(Cl)c(C(F)(F)F)c2)CC1. The van der Waals surface area contributed by atoms with Crippen LogP contribution in [0.4, 0.5) is 13.2 Å². The average molecular weight is 362 g/mol. The first-order chi connectivity index (χ1) is 11.2. The molecule has 4 nitrogen and oxygen atoms in total. The Labute approximate surface area is 141 Å². The zero-order valence-corrected chi connectivity index (χ0v) is 13.3. The number of amides is 1. The average Bonchev–Trinajstić information content (AvgIpc) is 2.52. The molecule has 0 saturated carbocycles. The lowest BCUT2D eigenvalue weighted by atomic mass is 9.97. The van der Waals surface area contributed by atoms with Crippen molar-refractivity contribution in [2.24, 2.45) is 5.92 Å². The van der Waals surface area contributed by atoms with Gasteiger partial charge >= 0.3 is 12.1 Å². The van der Waals surface area contributed by atoms with E-state index >= 15 is 0 Å². The van der Waals surface area contributed by atoms with E-state index in [1.54, 1.807) is 0 Å². The van der Waals surface area contributed by atoms with Crippen LogP contribution in [0.25, 0.3) is 6.08 Å². The minimum absolute atomic E-state index is 0.209. The summed E-state index contributed by atoms with van der Waals surface area (Å²) in [6.07, 6.45) is -1.35. The number of nitrogens with zero attached hydrogens (tertiary/aromatic N) is 1. The predicted octanol–water partition coefficient (Wildman–Crippen LogP) is 3.70. The number of carbonyl (C=O) groups is 2. The lowest BCUT2D eigenvalue weighted by Gasteiger charge is -2.29. The molecule has 1 fully saturated rings. The minimum Gasteiger partial charge on any atom is -0.481 e. The fourth-order valence-corrected chi connectivity index (χ4v) is 2.71. The molecule has 130 valence electrons. The van der Waals surface area contributed by atoms with Crippen molar-refractivity contribution >= 4 is 29.6 Å². The minimum atomic E-state index is -4.57. The molecule has 1 heterocycles. The highest BCUT2D eigenvalue weighted by atomic mass is 35.5. The van der Waals surface area contributed by atoms with Crippen LogP contribution in [-0.4, -0.2) is 35.0 Å². The van der Waals surface area contributed by atoms with Crippen molar-refractivity contribution in [3.05, 3.63) is 40.4 Å². The predicted molar refractivity (Wildman–Crippen MR) is 82.4 cm³/mol. The summed E-state index contributed by atoms with van der Waals surface area (Å²) in [6, 6.07) is 3.40. The number of aliphatic carboxylic acids is 1. The molecule has 1 saturated heterocycles. The number of halogens is 4. The van der Waals surface area contributed by atoms with Crippen LogP contribution in [0.5, 0.6) is 0 Å². The Morgan fingerprint density at radius 3 is 2.42 bits per heavy atom. The molecule has 1 aliphatic rings. The summed E-state index contributed by atoms with van der Waals surface area (Å²) in [5.74, 6) is -1.69. The van der Waals surface area contributed by atoms with E-state index in [4.69, 9.17) is 16.7 Å². The van der Waals surface area contributed by atoms with E-state index in [1.807, 2.05) is 0 Å². The van der Waals surface area contributed by atoms with Crippen molar-refractivity contribution in [1.29, 1.82) is 0 Å². The normalized spacial score (nSPS) is 16.6. The number of likely N-dealkylation sites (tertiary alicyclic amines) is 1. The van der Waals surface area contributed by atoms with Gasteiger partial charge in [0.05, 0.1) is 16.5 Å². The summed E-state index contributed by atoms with van der Waals surface area (Å²) in [4.78, 5) is 24.4. The van der Waals surface area contributed by atoms with Gasteiger partial charge in [-0.3, -0.25) is 9.59 Å². The molecule has 1 amide bonds. The van der Waals surface area contributed by atoms with Gasteiger partial charge in [-0.1, -0.05) is 17.7 Å². The Morgan fingerprint density at radius 2 is 1.88 bits per heavy atom. The van der Waals surface area contributed by atoms with Crippen molar-refractivity contribution in [2.75, 3.05) is 13.1 Å². The number of hydrogen-bond donors (Lipinski definition) is 1. The van der Waals surface area contributed by atoms with Crippen molar-refractivity contribution in [1.82, 2.24) is 4.90 Å². The van der Waals surface area contributed by atoms with Crippen LogP contribution in [-0.2, 0) is 15.8 Å². The van der Waals surface area contributed by atoms with Gasteiger partial charge in [-0.15, -0.1) is 0 Å². The van der Waals surface area contributed by atoms with Gasteiger partial charge in [0.2, 0.25) is 5.91 Å². The number of carboxylic acid groups (broad SMARTS) is 1. The molecule has 0 aromatic heterocycles. The monoisotopic (exact) mass is 361 g/mol. The van der Waals surface area contributed by atoms with E-state index in [2.05, 4.69) is 0 Å². The third-order valence-electron chi connectivity index (χ3n) is 3.87. The lowest BCUT2D eigenvalue weighted by Crippen LogP contribution is -2.39. The molecule has 1 N–H and O–H groups in total. The fourth-order valence-electron chi connectivity index (χ4n) is 2.48. The first kappa shape index (κ1) is 18.3. The molecule has 0 bridgehead atoms. The summed E-state index contributed by atoms with van der Waals surface area (Å²) in [7, 11) is 0. The van der Waals surface area contributed by atoms with E-state index in [1.165, 1.54) is 23.1 Å². The van der Waals surface area contributed by atoms with Crippen LogP contribution >= 0.6 is 11.6 Å². The molecule has 0 radical (unpaired) electrons. The number of carbonyl (C=O) groups excluding carboxylic acids is 1. The molecule has 8 heteroatoms. The molecular weight excluding hydrogens is 347 g/mol. The number of carboxylic acids is 1. The number of hydrogen-bond acceptors (Lipinski definition) is 2. The maximum absolute atomic E-state index is 12.8. The quantitative estimate of drug-likeness (QED) is 0.835. The van der Waals surface area contributed by atoms with Gasteiger partial charge in [-0.05, 0) is 36.6 Å². The molecule has 1 aromatic rings. The maximum atomic E-state index is 12.8. The van der Waals surface area contributed by atoms with E-state index in [0.29, 0.717) is 25.9 Å². The molecule has 0 atom stereocenters. The zero-order valence-electron chi connectivity index (χ0n) is 12.5. The number of piperidine rings is 1. The number of rotatable bonds is 3. The second-order valence-electron chi connectivity index (χ2n) is 5.51. The molecule has 1 aliphatic heterocycles. The molecule has 0 spiro atoms. The molecular formula is C16H15ClF3NO3. The zero-order chi connectivity index (χ0) is 17.9. The van der Waals surface area contributed by atoms with Crippen molar-refractivity contribution in [3.63, 3.8) is 0 Å². The van der Waals surface area contributed by atoms with E-state index in [0.717, 1.165) is 12.1 Å². The van der Waals surface area contributed by atoms with Gasteiger partial charge in [0, 0.05) is 19.2 Å². The molecule has 0 aliphatic carbocycles. The van der Waals surface area contributed by atoms with Crippen LogP contribution in [0.1, 0.15) is 24.0 Å². The van der Waals surface area contributed by atoms with E-state index < -0.39 is 28.6 Å². The molecule has 0 unspecified atom stereocenters. The van der Waals surface area contributed by atoms with Gasteiger partial charge in [0.15, 0.2) is 0 Å². The van der Waals surface area contributed by atoms with Crippen molar-refractivity contribution in [2.45, 2.75) is 19.0 Å². The highest BCUT2D eigenvalue weighted by molar-refractivity contribution is 6.31. The van der Waals surface area contributed by atoms with Crippen LogP contribution in [0.15, 0.2) is 24.3 Å². The molecule has 24 heavy (non-hydrogen) atoms. The largest absolute Gasteiger partial charge is 0.481 e. The summed E-state index contributed by atoms with van der Waals surface area (Å²) in [5, 5.41) is 8.51. The third-order valence-corrected chi connectivity index (χ3v) is 4.20. The first-order valence-corrected chi connectivity index (χ1v) is 7.63. The summed E-state index contributed by atoms with van der Waals surface area (Å²) >= 11 is 5.54. The highest BCUT2D eigenvalue weighted by Gasteiger charge is 2.33. The van der Waals surface area contributed by atoms with Crippen LogP contribution in [0.3, 0.4) is 0 Å². The Hall–Kier alpha value is -2.02. The lowest BCUT2D eigenvalue weighted by molar-refractivity contribution is -0.144. The summed E-state index contributed by atoms with van der Waals surface area (Å²) in [6.45, 7) is 0.628. The maximum Gasteiger partial charge on any atom is 0.417 e. The van der Waals surface area contributed by atoms with Gasteiger partial charge in [0.25, 0.3) is 0 Å². The van der Waals surface area contributed by atoms with Crippen LogP contribution in [0.2, 0.25) is 5.02 Å².